The van der Waals surface area contributed by atoms with E-state index in [1.807, 2.05) is 6.92 Å². The van der Waals surface area contributed by atoms with E-state index in [1.165, 1.54) is 48.5 Å². The van der Waals surface area contributed by atoms with E-state index in [9.17, 15) is 23.3 Å². The van der Waals surface area contributed by atoms with Gasteiger partial charge in [-0.05, 0) is 43.3 Å². The number of amides is 1. The molecule has 0 atom stereocenters. The van der Waals surface area contributed by atoms with E-state index >= 15 is 0 Å². The molecule has 0 heterocycles. The lowest BCUT2D eigenvalue weighted by Crippen LogP contribution is -2.40. The largest absolute Gasteiger partial charge is 0.484 e. The van der Waals surface area contributed by atoms with Crippen molar-refractivity contribution in [2.24, 2.45) is 0 Å². The molecule has 0 spiro atoms. The lowest BCUT2D eigenvalue weighted by atomic mass is 10.2. The number of anilines is 1. The summed E-state index contributed by atoms with van der Waals surface area (Å²) < 4.78 is 32.5. The van der Waals surface area contributed by atoms with Crippen molar-refractivity contribution in [1.29, 1.82) is 0 Å². The van der Waals surface area contributed by atoms with E-state index in [4.69, 9.17) is 4.74 Å². The van der Waals surface area contributed by atoms with Gasteiger partial charge in [0.05, 0.1) is 15.5 Å². The number of nitro benzene ring substituents is 1. The minimum absolute atomic E-state index is 0.0272. The molecule has 0 bridgehead atoms. The molecule has 30 heavy (non-hydrogen) atoms. The Hall–Kier alpha value is -3.72. The average molecular weight is 426 g/mol. The maximum absolute atomic E-state index is 13.2. The first-order valence-corrected chi connectivity index (χ1v) is 10.3. The number of nitro groups is 1. The molecule has 0 aliphatic heterocycles. The maximum Gasteiger partial charge on any atom is 0.278 e. The third kappa shape index (κ3) is 4.64. The molecule has 0 fully saturated rings. The summed E-state index contributed by atoms with van der Waals surface area (Å²) in [6, 6.07) is 19.3. The second-order valence-electron chi connectivity index (χ2n) is 6.35. The molecule has 0 aliphatic rings. The van der Waals surface area contributed by atoms with E-state index in [1.54, 1.807) is 30.3 Å². The summed E-state index contributed by atoms with van der Waals surface area (Å²) in [5.74, 6) is -0.602. The Kier molecular flexibility index (Phi) is 6.12. The zero-order valence-corrected chi connectivity index (χ0v) is 16.8. The van der Waals surface area contributed by atoms with Gasteiger partial charge >= 0.3 is 0 Å². The summed E-state index contributed by atoms with van der Waals surface area (Å²) in [4.78, 5) is 23.0. The summed E-state index contributed by atoms with van der Waals surface area (Å²) in [5.41, 5.74) is 0.935. The summed E-state index contributed by atoms with van der Waals surface area (Å²) >= 11 is 0. The van der Waals surface area contributed by atoms with E-state index in [0.717, 1.165) is 5.56 Å². The van der Waals surface area contributed by atoms with Gasteiger partial charge in [0.2, 0.25) is 0 Å². The number of carbonyl (C=O) groups excluding carboxylic acids is 1. The Labute approximate surface area is 173 Å². The normalized spacial score (nSPS) is 11.0. The minimum Gasteiger partial charge on any atom is -0.484 e. The molecule has 0 saturated heterocycles. The van der Waals surface area contributed by atoms with Crippen molar-refractivity contribution in [3.05, 3.63) is 94.5 Å². The van der Waals surface area contributed by atoms with Crippen LogP contribution in [-0.2, 0) is 14.8 Å². The van der Waals surface area contributed by atoms with Crippen LogP contribution in [0.25, 0.3) is 0 Å². The molecule has 154 valence electrons. The summed E-state index contributed by atoms with van der Waals surface area (Å²) in [6.07, 6.45) is 0. The number of nitrogens with zero attached hydrogens (tertiary/aromatic N) is 2. The first kappa shape index (κ1) is 21.0. The van der Waals surface area contributed by atoms with Crippen LogP contribution in [0.4, 0.5) is 11.4 Å². The van der Waals surface area contributed by atoms with Gasteiger partial charge in [-0.25, -0.2) is 8.42 Å². The molecule has 9 heteroatoms. The van der Waals surface area contributed by atoms with Crippen LogP contribution in [0.15, 0.2) is 83.8 Å². The van der Waals surface area contributed by atoms with Crippen LogP contribution in [0.1, 0.15) is 5.56 Å². The van der Waals surface area contributed by atoms with Crippen LogP contribution in [0.2, 0.25) is 0 Å². The number of carbonyl (C=O) groups is 1. The van der Waals surface area contributed by atoms with Gasteiger partial charge in [-0.3, -0.25) is 14.9 Å². The second-order valence-corrected chi connectivity index (χ2v) is 8.14. The second kappa shape index (κ2) is 8.75. The zero-order chi connectivity index (χ0) is 21.7. The lowest BCUT2D eigenvalue weighted by molar-refractivity contribution is -0.384. The van der Waals surface area contributed by atoms with Gasteiger partial charge in [0, 0.05) is 12.1 Å². The first-order chi connectivity index (χ1) is 14.3. The minimum atomic E-state index is -4.18. The predicted octanol–water partition coefficient (Wildman–Crippen LogP) is 3.70. The highest BCUT2D eigenvalue weighted by molar-refractivity contribution is 7.93. The van der Waals surface area contributed by atoms with Crippen LogP contribution in [0.5, 0.6) is 5.75 Å². The molecule has 0 aromatic heterocycles. The first-order valence-electron chi connectivity index (χ1n) is 8.86. The Bertz CT molecular complexity index is 1140. The number of sulfonamides is 1. The third-order valence-electron chi connectivity index (χ3n) is 4.19. The van der Waals surface area contributed by atoms with Crippen molar-refractivity contribution < 1.29 is 22.9 Å². The van der Waals surface area contributed by atoms with Gasteiger partial charge < -0.3 is 4.74 Å². The van der Waals surface area contributed by atoms with Crippen molar-refractivity contribution in [2.75, 3.05) is 10.9 Å². The van der Waals surface area contributed by atoms with Crippen LogP contribution in [0.3, 0.4) is 0 Å². The topological polar surface area (TPSA) is 107 Å². The molecule has 0 radical (unpaired) electrons. The molecule has 1 amide bonds. The van der Waals surface area contributed by atoms with Crippen LogP contribution in [0, 0.1) is 17.0 Å². The number of hydrogen-bond acceptors (Lipinski definition) is 6. The number of aryl methyl sites for hydroxylation is 1. The zero-order valence-electron chi connectivity index (χ0n) is 16.0. The van der Waals surface area contributed by atoms with Crippen molar-refractivity contribution in [2.45, 2.75) is 11.8 Å². The molecule has 3 aromatic carbocycles. The monoisotopic (exact) mass is 426 g/mol. The molecule has 3 rings (SSSR count). The highest BCUT2D eigenvalue weighted by atomic mass is 32.2. The van der Waals surface area contributed by atoms with E-state index in [0.29, 0.717) is 4.31 Å². The third-order valence-corrected chi connectivity index (χ3v) is 5.95. The van der Waals surface area contributed by atoms with Gasteiger partial charge in [-0.15, -0.1) is 0 Å². The maximum atomic E-state index is 13.2. The number of benzene rings is 3. The predicted molar refractivity (Wildman–Crippen MR) is 111 cm³/mol. The van der Waals surface area contributed by atoms with Crippen molar-refractivity contribution >= 4 is 27.3 Å². The highest BCUT2D eigenvalue weighted by Crippen LogP contribution is 2.25. The smallest absolute Gasteiger partial charge is 0.278 e. The lowest BCUT2D eigenvalue weighted by Gasteiger charge is -2.22. The van der Waals surface area contributed by atoms with Gasteiger partial charge in [-0.1, -0.05) is 35.9 Å². The Morgan fingerprint density at radius 3 is 2.13 bits per heavy atom. The summed E-state index contributed by atoms with van der Waals surface area (Å²) in [7, 11) is -4.18. The Balaban J connectivity index is 1.88. The Morgan fingerprint density at radius 1 is 0.967 bits per heavy atom. The molecular formula is C21H18N2O6S. The summed E-state index contributed by atoms with van der Waals surface area (Å²) in [5, 5.41) is 10.7. The molecule has 0 aliphatic carbocycles. The number of para-hydroxylation sites is 1. The van der Waals surface area contributed by atoms with Gasteiger partial charge in [0.25, 0.3) is 21.6 Å². The Morgan fingerprint density at radius 2 is 1.57 bits per heavy atom. The van der Waals surface area contributed by atoms with Crippen LogP contribution >= 0.6 is 0 Å². The quantitative estimate of drug-likeness (QED) is 0.421. The molecule has 8 nitrogen and oxygen atoms in total. The van der Waals surface area contributed by atoms with Gasteiger partial charge in [0.15, 0.2) is 6.61 Å². The molecule has 3 aromatic rings. The fourth-order valence-corrected chi connectivity index (χ4v) is 4.07. The fourth-order valence-electron chi connectivity index (χ4n) is 2.66. The van der Waals surface area contributed by atoms with Crippen molar-refractivity contribution in [3.63, 3.8) is 0 Å². The number of non-ortho nitro benzene ring substituents is 1. The van der Waals surface area contributed by atoms with E-state index in [2.05, 4.69) is 0 Å². The number of ether oxygens (including phenoxy) is 1. The molecule has 0 unspecified atom stereocenters. The SMILES string of the molecule is Cc1ccc(S(=O)(=O)N(C(=O)COc2ccc([N+](=O)[O-])cc2)c2ccccc2)cc1. The van der Waals surface area contributed by atoms with Crippen LogP contribution < -0.4 is 9.04 Å². The van der Waals surface area contributed by atoms with E-state index < -0.39 is 27.5 Å². The highest BCUT2D eigenvalue weighted by Gasteiger charge is 2.31. The molecular weight excluding hydrogens is 408 g/mol. The standard InChI is InChI=1S/C21H18N2O6S/c1-16-7-13-20(14-8-16)30(27,28)22(17-5-3-2-4-6-17)21(24)15-29-19-11-9-18(10-12-19)23(25)26/h2-14H,15H2,1H3. The number of hydrogen-bond donors (Lipinski definition) is 0. The molecule has 0 saturated carbocycles. The van der Waals surface area contributed by atoms with Crippen molar-refractivity contribution in [3.8, 4) is 5.75 Å². The van der Waals surface area contributed by atoms with E-state index in [-0.39, 0.29) is 22.0 Å². The van der Waals surface area contributed by atoms with Crippen LogP contribution in [-0.4, -0.2) is 25.9 Å². The molecule has 0 N–H and O–H groups in total. The van der Waals surface area contributed by atoms with Gasteiger partial charge in [-0.2, -0.15) is 4.31 Å². The fraction of sp³-hybridized carbons (Fsp3) is 0.0952. The van der Waals surface area contributed by atoms with Crippen molar-refractivity contribution in [1.82, 2.24) is 0 Å². The van der Waals surface area contributed by atoms with Gasteiger partial charge in [0.1, 0.15) is 5.75 Å². The summed E-state index contributed by atoms with van der Waals surface area (Å²) in [6.45, 7) is 1.26. The average Bonchev–Trinajstić information content (AvgIpc) is 2.73. The number of rotatable bonds is 7.